The predicted molar refractivity (Wildman–Crippen MR) is 91.4 cm³/mol. The maximum absolute atomic E-state index is 11.8. The van der Waals surface area contributed by atoms with Crippen molar-refractivity contribution in [2.24, 2.45) is 0 Å². The monoisotopic (exact) mass is 342 g/mol. The number of nitrogens with one attached hydrogen (secondary N) is 1. The highest BCUT2D eigenvalue weighted by Crippen LogP contribution is 2.27. The van der Waals surface area contributed by atoms with E-state index >= 15 is 0 Å². The van der Waals surface area contributed by atoms with Gasteiger partial charge in [0.15, 0.2) is 0 Å². The zero-order valence-corrected chi connectivity index (χ0v) is 14.4. The van der Waals surface area contributed by atoms with Gasteiger partial charge in [0.1, 0.15) is 11.4 Å². The normalized spacial score (nSPS) is 10.1. The summed E-state index contributed by atoms with van der Waals surface area (Å²) in [5.74, 6) is -1.48. The average Bonchev–Trinajstić information content (AvgIpc) is 2.59. The third kappa shape index (κ3) is 4.20. The molecule has 25 heavy (non-hydrogen) atoms. The molecule has 0 atom stereocenters. The lowest BCUT2D eigenvalue weighted by molar-refractivity contribution is -0.114. The van der Waals surface area contributed by atoms with E-state index in [0.29, 0.717) is 11.3 Å². The first-order chi connectivity index (χ1) is 11.8. The molecule has 0 fully saturated rings. The van der Waals surface area contributed by atoms with Gasteiger partial charge in [-0.1, -0.05) is 6.07 Å². The first-order valence-electron chi connectivity index (χ1n) is 7.43. The summed E-state index contributed by atoms with van der Waals surface area (Å²) in [4.78, 5) is 38.8. The number of benzene rings is 1. The van der Waals surface area contributed by atoms with Crippen molar-refractivity contribution in [2.75, 3.05) is 19.5 Å². The van der Waals surface area contributed by atoms with Crippen LogP contribution in [-0.2, 0) is 14.3 Å². The molecule has 0 saturated heterocycles. The fourth-order valence-electron chi connectivity index (χ4n) is 2.37. The second kappa shape index (κ2) is 7.57. The van der Waals surface area contributed by atoms with Crippen molar-refractivity contribution in [3.8, 4) is 11.1 Å². The van der Waals surface area contributed by atoms with Gasteiger partial charge >= 0.3 is 11.9 Å². The molecule has 0 saturated carbocycles. The molecule has 1 aromatic heterocycles. The van der Waals surface area contributed by atoms with Crippen LogP contribution in [0.25, 0.3) is 11.1 Å². The molecule has 0 aliphatic rings. The number of hydrogen-bond acceptors (Lipinski definition) is 6. The van der Waals surface area contributed by atoms with Gasteiger partial charge in [0.25, 0.3) is 0 Å². The molecule has 0 aliphatic carbocycles. The summed E-state index contributed by atoms with van der Waals surface area (Å²) in [5, 5.41) is 2.70. The fourth-order valence-corrected chi connectivity index (χ4v) is 2.37. The molecule has 7 nitrogen and oxygen atoms in total. The van der Waals surface area contributed by atoms with Crippen LogP contribution < -0.4 is 5.32 Å². The highest BCUT2D eigenvalue weighted by Gasteiger charge is 2.17. The number of ether oxygens (including phenoxy) is 2. The molecule has 1 aromatic carbocycles. The van der Waals surface area contributed by atoms with Gasteiger partial charge in [0.05, 0.1) is 14.2 Å². The Balaban J connectivity index is 2.55. The molecule has 1 amide bonds. The van der Waals surface area contributed by atoms with Crippen molar-refractivity contribution < 1.29 is 23.9 Å². The number of aryl methyl sites for hydroxylation is 1. The van der Waals surface area contributed by atoms with Crippen molar-refractivity contribution in [3.63, 3.8) is 0 Å². The van der Waals surface area contributed by atoms with E-state index in [1.165, 1.54) is 21.1 Å². The lowest BCUT2D eigenvalue weighted by atomic mass is 9.99. The molecule has 2 rings (SSSR count). The first-order valence-corrected chi connectivity index (χ1v) is 7.43. The predicted octanol–water partition coefficient (Wildman–Crippen LogP) is 2.59. The first kappa shape index (κ1) is 18.1. The molecule has 1 N–H and O–H groups in total. The van der Waals surface area contributed by atoms with Gasteiger partial charge in [-0.2, -0.15) is 0 Å². The van der Waals surface area contributed by atoms with E-state index in [0.717, 1.165) is 11.1 Å². The Kier molecular flexibility index (Phi) is 5.49. The number of pyridine rings is 1. The minimum Gasteiger partial charge on any atom is -0.464 e. The van der Waals surface area contributed by atoms with Crippen LogP contribution in [0.2, 0.25) is 0 Å². The van der Waals surface area contributed by atoms with Gasteiger partial charge < -0.3 is 14.8 Å². The number of amides is 1. The number of methoxy groups -OCH3 is 2. The molecule has 1 heterocycles. The number of hydrogen-bond donors (Lipinski definition) is 1. The van der Waals surface area contributed by atoms with Crippen LogP contribution in [0.15, 0.2) is 30.3 Å². The lowest BCUT2D eigenvalue weighted by Crippen LogP contribution is -2.11. The fraction of sp³-hybridized carbons (Fsp3) is 0.222. The van der Waals surface area contributed by atoms with Crippen LogP contribution in [0.1, 0.15) is 33.5 Å². The quantitative estimate of drug-likeness (QED) is 0.858. The highest BCUT2D eigenvalue weighted by atomic mass is 16.5. The molecule has 2 aromatic rings. The van der Waals surface area contributed by atoms with Crippen LogP contribution >= 0.6 is 0 Å². The zero-order chi connectivity index (χ0) is 18.6. The third-order valence-electron chi connectivity index (χ3n) is 3.47. The molecule has 130 valence electrons. The molecular formula is C18H18N2O5. The van der Waals surface area contributed by atoms with E-state index in [1.54, 1.807) is 30.3 Å². The number of aromatic nitrogens is 1. The Hall–Kier alpha value is -3.22. The summed E-state index contributed by atoms with van der Waals surface area (Å²) in [7, 11) is 2.48. The van der Waals surface area contributed by atoms with E-state index in [9.17, 15) is 14.4 Å². The van der Waals surface area contributed by atoms with Crippen LogP contribution in [0.4, 0.5) is 5.69 Å². The summed E-state index contributed by atoms with van der Waals surface area (Å²) >= 11 is 0. The molecule has 7 heteroatoms. The van der Waals surface area contributed by atoms with Gasteiger partial charge in [-0.15, -0.1) is 0 Å². The summed E-state index contributed by atoms with van der Waals surface area (Å²) in [6.45, 7) is 3.29. The number of carbonyl (C=O) groups is 3. The number of anilines is 1. The second-order valence-electron chi connectivity index (χ2n) is 5.32. The Morgan fingerprint density at radius 3 is 1.96 bits per heavy atom. The van der Waals surface area contributed by atoms with Crippen molar-refractivity contribution in [1.29, 1.82) is 0 Å². The molecular weight excluding hydrogens is 324 g/mol. The Morgan fingerprint density at radius 1 is 0.960 bits per heavy atom. The third-order valence-corrected chi connectivity index (χ3v) is 3.47. The minimum absolute atomic E-state index is 0.00531. The van der Waals surface area contributed by atoms with Crippen molar-refractivity contribution in [1.82, 2.24) is 4.98 Å². The maximum atomic E-state index is 11.8. The average molecular weight is 342 g/mol. The Bertz CT molecular complexity index is 811. The van der Waals surface area contributed by atoms with Crippen LogP contribution in [0.5, 0.6) is 0 Å². The molecule has 0 radical (unpaired) electrons. The standard InChI is InChI=1S/C18H18N2O5/c1-10-7-13(19-11(2)21)5-6-14(10)12-8-15(17(22)24-3)20-16(9-12)18(23)25-4/h5-9H,1-4H3,(H,19,21). The van der Waals surface area contributed by atoms with Gasteiger partial charge in [0, 0.05) is 12.6 Å². The number of carbonyl (C=O) groups excluding carboxylic acids is 3. The van der Waals surface area contributed by atoms with Crippen molar-refractivity contribution >= 4 is 23.5 Å². The van der Waals surface area contributed by atoms with Crippen LogP contribution in [0, 0.1) is 6.92 Å². The smallest absolute Gasteiger partial charge is 0.356 e. The van der Waals surface area contributed by atoms with E-state index < -0.39 is 11.9 Å². The van der Waals surface area contributed by atoms with Crippen LogP contribution in [-0.4, -0.2) is 37.0 Å². The Labute approximate surface area is 145 Å². The zero-order valence-electron chi connectivity index (χ0n) is 14.4. The second-order valence-corrected chi connectivity index (χ2v) is 5.32. The van der Waals surface area contributed by atoms with Crippen LogP contribution in [0.3, 0.4) is 0 Å². The van der Waals surface area contributed by atoms with Crippen molar-refractivity contribution in [3.05, 3.63) is 47.3 Å². The summed E-state index contributed by atoms with van der Waals surface area (Å²) in [6, 6.07) is 8.40. The van der Waals surface area contributed by atoms with E-state index in [1.807, 2.05) is 6.92 Å². The largest absolute Gasteiger partial charge is 0.464 e. The van der Waals surface area contributed by atoms with Gasteiger partial charge in [-0.3, -0.25) is 4.79 Å². The Morgan fingerprint density at radius 2 is 1.52 bits per heavy atom. The summed E-state index contributed by atoms with van der Waals surface area (Å²) in [5.41, 5.74) is 2.92. The molecule has 0 spiro atoms. The van der Waals surface area contributed by atoms with E-state index in [2.05, 4.69) is 19.8 Å². The SMILES string of the molecule is COC(=O)c1cc(-c2ccc(NC(C)=O)cc2C)cc(C(=O)OC)n1. The van der Waals surface area contributed by atoms with Gasteiger partial charge in [0.2, 0.25) is 5.91 Å². The topological polar surface area (TPSA) is 94.6 Å². The molecule has 0 bridgehead atoms. The number of esters is 2. The van der Waals surface area contributed by atoms with Gasteiger partial charge in [-0.05, 0) is 47.9 Å². The van der Waals surface area contributed by atoms with E-state index in [4.69, 9.17) is 0 Å². The molecule has 0 aliphatic heterocycles. The van der Waals surface area contributed by atoms with Gasteiger partial charge in [-0.25, -0.2) is 14.6 Å². The minimum atomic E-state index is -0.653. The lowest BCUT2D eigenvalue weighted by Gasteiger charge is -2.11. The summed E-state index contributed by atoms with van der Waals surface area (Å²) in [6.07, 6.45) is 0. The number of rotatable bonds is 4. The number of nitrogens with zero attached hydrogens (tertiary/aromatic N) is 1. The van der Waals surface area contributed by atoms with E-state index in [-0.39, 0.29) is 17.3 Å². The maximum Gasteiger partial charge on any atom is 0.356 e. The van der Waals surface area contributed by atoms with Crippen molar-refractivity contribution in [2.45, 2.75) is 13.8 Å². The summed E-state index contributed by atoms with van der Waals surface area (Å²) < 4.78 is 9.38. The highest BCUT2D eigenvalue weighted by molar-refractivity contribution is 5.94. The molecule has 0 unspecified atom stereocenters.